The van der Waals surface area contributed by atoms with Crippen LogP contribution in [-0.2, 0) is 11.3 Å². The van der Waals surface area contributed by atoms with Crippen molar-refractivity contribution in [2.75, 3.05) is 13.4 Å². The first-order valence-electron chi connectivity index (χ1n) is 10.8. The maximum absolute atomic E-state index is 13.5. The molecule has 0 saturated heterocycles. The number of hydrogen-bond acceptors (Lipinski definition) is 3. The summed E-state index contributed by atoms with van der Waals surface area (Å²) in [5, 5.41) is 0. The molecule has 1 aliphatic carbocycles. The second kappa shape index (κ2) is 9.95. The maximum atomic E-state index is 13.5. The van der Waals surface area contributed by atoms with Crippen LogP contribution < -0.4 is 9.47 Å². The smallest absolute Gasteiger partial charge is 0.417 e. The Morgan fingerprint density at radius 1 is 0.848 bits per heavy atom. The van der Waals surface area contributed by atoms with Gasteiger partial charge in [-0.15, -0.1) is 0 Å². The van der Waals surface area contributed by atoms with E-state index in [2.05, 4.69) is 0 Å². The SMILES string of the molecule is Fc1cc(F)cc(COCCCCCC/C=C2\C=C(C(F)(F)F)c3cc4c(cc32)OCO4)c1. The summed E-state index contributed by atoms with van der Waals surface area (Å²) in [6, 6.07) is 6.31. The number of hydrogen-bond donors (Lipinski definition) is 0. The summed E-state index contributed by atoms with van der Waals surface area (Å²) in [6.07, 6.45) is 2.61. The van der Waals surface area contributed by atoms with Gasteiger partial charge in [-0.25, -0.2) is 8.78 Å². The number of allylic oxidation sites excluding steroid dienone is 4. The molecule has 1 aliphatic heterocycles. The van der Waals surface area contributed by atoms with E-state index >= 15 is 0 Å². The monoisotopic (exact) mass is 466 g/mol. The van der Waals surface area contributed by atoms with Crippen LogP contribution in [0.4, 0.5) is 22.0 Å². The van der Waals surface area contributed by atoms with E-state index in [1.165, 1.54) is 24.3 Å². The first-order valence-corrected chi connectivity index (χ1v) is 10.8. The zero-order valence-electron chi connectivity index (χ0n) is 17.8. The summed E-state index contributed by atoms with van der Waals surface area (Å²) < 4.78 is 82.7. The number of unbranched alkanes of at least 4 members (excludes halogenated alkanes) is 4. The lowest BCUT2D eigenvalue weighted by molar-refractivity contribution is -0.0687. The molecule has 4 rings (SSSR count). The van der Waals surface area contributed by atoms with Gasteiger partial charge in [-0.1, -0.05) is 18.9 Å². The van der Waals surface area contributed by atoms with Crippen molar-refractivity contribution in [3.05, 3.63) is 70.8 Å². The highest BCUT2D eigenvalue weighted by Gasteiger charge is 2.40. The summed E-state index contributed by atoms with van der Waals surface area (Å²) in [6.45, 7) is 0.620. The first kappa shape index (κ1) is 23.3. The van der Waals surface area contributed by atoms with Crippen molar-refractivity contribution >= 4 is 11.1 Å². The molecule has 0 aromatic heterocycles. The Balaban J connectivity index is 1.23. The average Bonchev–Trinajstić information content (AvgIpc) is 3.34. The molecule has 3 nitrogen and oxygen atoms in total. The maximum Gasteiger partial charge on any atom is 0.417 e. The highest BCUT2D eigenvalue weighted by atomic mass is 19.4. The highest BCUT2D eigenvalue weighted by molar-refractivity contribution is 5.98. The van der Waals surface area contributed by atoms with Crippen LogP contribution in [0.5, 0.6) is 11.5 Å². The number of benzene rings is 2. The largest absolute Gasteiger partial charge is 0.454 e. The molecule has 0 spiro atoms. The summed E-state index contributed by atoms with van der Waals surface area (Å²) in [4.78, 5) is 0. The Bertz CT molecular complexity index is 1050. The average molecular weight is 466 g/mol. The zero-order valence-corrected chi connectivity index (χ0v) is 17.8. The lowest BCUT2D eigenvalue weighted by Gasteiger charge is -2.10. The predicted molar refractivity (Wildman–Crippen MR) is 114 cm³/mol. The third-order valence-corrected chi connectivity index (χ3v) is 5.52. The molecule has 2 aliphatic rings. The number of ether oxygens (including phenoxy) is 3. The van der Waals surface area contributed by atoms with E-state index in [-0.39, 0.29) is 19.0 Å². The summed E-state index contributed by atoms with van der Waals surface area (Å²) in [5.41, 5.74) is 0.950. The van der Waals surface area contributed by atoms with Gasteiger partial charge in [-0.2, -0.15) is 13.2 Å². The fourth-order valence-corrected chi connectivity index (χ4v) is 3.96. The van der Waals surface area contributed by atoms with Crippen molar-refractivity contribution in [2.24, 2.45) is 0 Å². The lowest BCUT2D eigenvalue weighted by atomic mass is 10.0. The Morgan fingerprint density at radius 2 is 1.52 bits per heavy atom. The second-order valence-electron chi connectivity index (χ2n) is 8.00. The zero-order chi connectivity index (χ0) is 23.4. The molecule has 0 unspecified atom stereocenters. The molecule has 0 amide bonds. The molecular formula is C25H23F5O3. The Kier molecular flexibility index (Phi) is 7.02. The van der Waals surface area contributed by atoms with Gasteiger partial charge in [0, 0.05) is 12.7 Å². The first-order chi connectivity index (χ1) is 15.8. The van der Waals surface area contributed by atoms with Crippen LogP contribution in [-0.4, -0.2) is 19.6 Å². The normalized spacial score (nSPS) is 15.8. The fourth-order valence-electron chi connectivity index (χ4n) is 3.96. The van der Waals surface area contributed by atoms with Gasteiger partial charge in [-0.05, 0) is 71.9 Å². The minimum Gasteiger partial charge on any atom is -0.454 e. The predicted octanol–water partition coefficient (Wildman–Crippen LogP) is 7.20. The molecule has 2 aromatic rings. The van der Waals surface area contributed by atoms with Crippen LogP contribution in [0.25, 0.3) is 11.1 Å². The summed E-state index contributed by atoms with van der Waals surface area (Å²) >= 11 is 0. The summed E-state index contributed by atoms with van der Waals surface area (Å²) in [7, 11) is 0. The van der Waals surface area contributed by atoms with Crippen molar-refractivity contribution in [3.63, 3.8) is 0 Å². The molecule has 0 fully saturated rings. The quantitative estimate of drug-likeness (QED) is 0.289. The van der Waals surface area contributed by atoms with E-state index < -0.39 is 23.4 Å². The molecule has 2 aromatic carbocycles. The second-order valence-corrected chi connectivity index (χ2v) is 8.00. The van der Waals surface area contributed by atoms with Gasteiger partial charge in [-0.3, -0.25) is 0 Å². The van der Waals surface area contributed by atoms with Gasteiger partial charge in [0.2, 0.25) is 6.79 Å². The molecule has 0 atom stereocenters. The molecular weight excluding hydrogens is 443 g/mol. The fraction of sp³-hybridized carbons (Fsp3) is 0.360. The Morgan fingerprint density at radius 3 is 2.21 bits per heavy atom. The third kappa shape index (κ3) is 5.74. The molecule has 8 heteroatoms. The van der Waals surface area contributed by atoms with E-state index in [4.69, 9.17) is 14.2 Å². The number of halogens is 5. The van der Waals surface area contributed by atoms with Crippen molar-refractivity contribution in [3.8, 4) is 11.5 Å². The van der Waals surface area contributed by atoms with Crippen LogP contribution in [0.1, 0.15) is 48.8 Å². The van der Waals surface area contributed by atoms with Crippen molar-refractivity contribution in [1.29, 1.82) is 0 Å². The third-order valence-electron chi connectivity index (χ3n) is 5.52. The van der Waals surface area contributed by atoms with Crippen LogP contribution in [0.2, 0.25) is 0 Å². The van der Waals surface area contributed by atoms with Crippen molar-refractivity contribution in [2.45, 2.75) is 44.9 Å². The topological polar surface area (TPSA) is 27.7 Å². The van der Waals surface area contributed by atoms with Crippen molar-refractivity contribution < 1.29 is 36.2 Å². The van der Waals surface area contributed by atoms with E-state index in [0.717, 1.165) is 31.7 Å². The van der Waals surface area contributed by atoms with Gasteiger partial charge in [0.15, 0.2) is 11.5 Å². The molecule has 33 heavy (non-hydrogen) atoms. The summed E-state index contributed by atoms with van der Waals surface area (Å²) in [5.74, 6) is -0.475. The number of fused-ring (bicyclic) bond motifs is 2. The van der Waals surface area contributed by atoms with E-state index in [9.17, 15) is 22.0 Å². The Hall–Kier alpha value is -2.87. The van der Waals surface area contributed by atoms with Gasteiger partial charge in [0.25, 0.3) is 0 Å². The Labute approximate surface area is 188 Å². The van der Waals surface area contributed by atoms with Crippen LogP contribution in [0.3, 0.4) is 0 Å². The molecule has 0 saturated carbocycles. The molecule has 1 heterocycles. The molecule has 0 bridgehead atoms. The van der Waals surface area contributed by atoms with Gasteiger partial charge < -0.3 is 14.2 Å². The standard InChI is InChI=1S/C25H23F5O3/c26-18-8-16(9-19(27)11-18)14-31-7-5-3-1-2-4-6-17-10-22(25(28,29)30)21-13-24-23(12-20(17)21)32-15-33-24/h6,8-13H,1-5,7,14-15H2/b17-6+. The number of alkyl halides is 3. The van der Waals surface area contributed by atoms with E-state index in [1.807, 2.05) is 6.08 Å². The van der Waals surface area contributed by atoms with Crippen LogP contribution in [0.15, 0.2) is 42.5 Å². The molecule has 176 valence electrons. The molecule has 0 N–H and O–H groups in total. The minimum atomic E-state index is -4.45. The minimum absolute atomic E-state index is 0.00514. The highest BCUT2D eigenvalue weighted by Crippen LogP contribution is 2.48. The van der Waals surface area contributed by atoms with Crippen LogP contribution >= 0.6 is 0 Å². The van der Waals surface area contributed by atoms with E-state index in [0.29, 0.717) is 41.2 Å². The number of rotatable bonds is 9. The van der Waals surface area contributed by atoms with Gasteiger partial charge >= 0.3 is 6.18 Å². The van der Waals surface area contributed by atoms with Gasteiger partial charge in [0.05, 0.1) is 12.2 Å². The van der Waals surface area contributed by atoms with Crippen LogP contribution in [0, 0.1) is 11.6 Å². The van der Waals surface area contributed by atoms with Gasteiger partial charge in [0.1, 0.15) is 11.6 Å². The lowest BCUT2D eigenvalue weighted by Crippen LogP contribution is -2.09. The van der Waals surface area contributed by atoms with E-state index in [1.54, 1.807) is 6.07 Å². The van der Waals surface area contributed by atoms with Crippen molar-refractivity contribution in [1.82, 2.24) is 0 Å². The molecule has 0 radical (unpaired) electrons.